The lowest BCUT2D eigenvalue weighted by molar-refractivity contribution is 0.0708. The van der Waals surface area contributed by atoms with Gasteiger partial charge in [-0.05, 0) is 36.4 Å². The van der Waals surface area contributed by atoms with E-state index < -0.39 is 0 Å². The van der Waals surface area contributed by atoms with E-state index in [1.54, 1.807) is 0 Å². The molecule has 3 heterocycles. The molecule has 1 aliphatic rings. The lowest BCUT2D eigenvalue weighted by Crippen LogP contribution is -2.39. The van der Waals surface area contributed by atoms with E-state index in [4.69, 9.17) is 9.26 Å². The Hall–Kier alpha value is -2.67. The third-order valence-corrected chi connectivity index (χ3v) is 5.25. The number of hydrogen-bond acceptors (Lipinski definition) is 6. The van der Waals surface area contributed by atoms with E-state index in [0.29, 0.717) is 18.3 Å². The van der Waals surface area contributed by atoms with Gasteiger partial charge >= 0.3 is 0 Å². The predicted octanol–water partition coefficient (Wildman–Crippen LogP) is 3.73. The second kappa shape index (κ2) is 7.70. The molecule has 0 N–H and O–H groups in total. The summed E-state index contributed by atoms with van der Waals surface area (Å²) in [5.41, 5.74) is 0. The number of ether oxygens (including phenoxy) is 1. The molecule has 1 amide bonds. The molecular formula is C19H19N3O3S. The molecule has 0 aliphatic carbocycles. The molecule has 1 saturated heterocycles. The fraction of sp³-hybridized carbons (Fsp3) is 0.316. The number of hydrogen-bond donors (Lipinski definition) is 0. The molecule has 3 aromatic rings. The minimum atomic E-state index is 0.0841. The maximum Gasteiger partial charge on any atom is 0.264 e. The molecule has 1 fully saturated rings. The van der Waals surface area contributed by atoms with Crippen LogP contribution < -0.4 is 4.74 Å². The first kappa shape index (κ1) is 16.8. The van der Waals surface area contributed by atoms with Gasteiger partial charge in [0, 0.05) is 19.0 Å². The largest absolute Gasteiger partial charge is 0.484 e. The van der Waals surface area contributed by atoms with Gasteiger partial charge in [-0.3, -0.25) is 4.79 Å². The highest BCUT2D eigenvalue weighted by Gasteiger charge is 2.28. The van der Waals surface area contributed by atoms with Crippen LogP contribution in [0.25, 0.3) is 0 Å². The monoisotopic (exact) mass is 369 g/mol. The van der Waals surface area contributed by atoms with E-state index in [1.165, 1.54) is 11.3 Å². The maximum absolute atomic E-state index is 12.6. The van der Waals surface area contributed by atoms with Crippen molar-refractivity contribution < 1.29 is 14.1 Å². The molecule has 7 heteroatoms. The standard InChI is InChI=1S/C19H19N3O3S/c23-19(16-9-5-11-26-16)22-10-4-6-14(12-22)18-20-17(25-21-18)13-24-15-7-2-1-3-8-15/h1-3,5,7-9,11,14H,4,6,10,12-13H2. The van der Waals surface area contributed by atoms with Crippen LogP contribution >= 0.6 is 11.3 Å². The maximum atomic E-state index is 12.6. The molecule has 0 spiro atoms. The average molecular weight is 369 g/mol. The summed E-state index contributed by atoms with van der Waals surface area (Å²) in [5, 5.41) is 6.03. The van der Waals surface area contributed by atoms with Crippen LogP contribution in [0, 0.1) is 0 Å². The number of rotatable bonds is 5. The van der Waals surface area contributed by atoms with Crippen molar-refractivity contribution >= 4 is 17.2 Å². The normalized spacial score (nSPS) is 17.2. The highest BCUT2D eigenvalue weighted by molar-refractivity contribution is 7.12. The van der Waals surface area contributed by atoms with Gasteiger partial charge in [-0.15, -0.1) is 11.3 Å². The molecule has 26 heavy (non-hydrogen) atoms. The number of likely N-dealkylation sites (tertiary alicyclic amines) is 1. The Labute approximate surface area is 155 Å². The predicted molar refractivity (Wildman–Crippen MR) is 97.3 cm³/mol. The molecule has 1 atom stereocenters. The molecule has 1 aromatic carbocycles. The van der Waals surface area contributed by atoms with Crippen LogP contribution in [0.3, 0.4) is 0 Å². The van der Waals surface area contributed by atoms with Crippen LogP contribution in [0.5, 0.6) is 5.75 Å². The van der Waals surface area contributed by atoms with E-state index in [0.717, 1.165) is 30.0 Å². The van der Waals surface area contributed by atoms with Crippen LogP contribution in [-0.2, 0) is 6.61 Å². The van der Waals surface area contributed by atoms with Crippen LogP contribution in [0.4, 0.5) is 0 Å². The van der Waals surface area contributed by atoms with E-state index in [-0.39, 0.29) is 18.4 Å². The Morgan fingerprint density at radius 2 is 2.15 bits per heavy atom. The summed E-state index contributed by atoms with van der Waals surface area (Å²) in [5.74, 6) is 2.05. The van der Waals surface area contributed by atoms with Gasteiger partial charge < -0.3 is 14.2 Å². The zero-order valence-electron chi connectivity index (χ0n) is 14.2. The zero-order valence-corrected chi connectivity index (χ0v) is 15.0. The first-order valence-corrected chi connectivity index (χ1v) is 9.50. The third kappa shape index (κ3) is 3.77. The van der Waals surface area contributed by atoms with Gasteiger partial charge in [0.1, 0.15) is 5.75 Å². The van der Waals surface area contributed by atoms with Crippen molar-refractivity contribution in [1.82, 2.24) is 15.0 Å². The van der Waals surface area contributed by atoms with Crippen molar-refractivity contribution in [2.75, 3.05) is 13.1 Å². The molecule has 1 aliphatic heterocycles. The second-order valence-corrected chi connectivity index (χ2v) is 7.16. The van der Waals surface area contributed by atoms with Gasteiger partial charge in [0.15, 0.2) is 12.4 Å². The van der Waals surface area contributed by atoms with E-state index in [2.05, 4.69) is 10.1 Å². The Balaban J connectivity index is 1.38. The number of benzene rings is 1. The van der Waals surface area contributed by atoms with E-state index >= 15 is 0 Å². The molecule has 1 unspecified atom stereocenters. The summed E-state index contributed by atoms with van der Waals surface area (Å²) in [6.07, 6.45) is 1.89. The topological polar surface area (TPSA) is 68.5 Å². The first-order valence-electron chi connectivity index (χ1n) is 8.63. The van der Waals surface area contributed by atoms with Crippen LogP contribution in [0.1, 0.15) is 40.1 Å². The Kier molecular flexibility index (Phi) is 4.97. The SMILES string of the molecule is O=C(c1cccs1)N1CCCC(c2noc(COc3ccccc3)n2)C1. The Morgan fingerprint density at radius 1 is 1.27 bits per heavy atom. The quantitative estimate of drug-likeness (QED) is 0.685. The molecule has 134 valence electrons. The van der Waals surface area contributed by atoms with Crippen molar-refractivity contribution in [3.05, 3.63) is 64.4 Å². The number of para-hydroxylation sites is 1. The summed E-state index contributed by atoms with van der Waals surface area (Å²) >= 11 is 1.47. The lowest BCUT2D eigenvalue weighted by atomic mass is 9.97. The van der Waals surface area contributed by atoms with Crippen LogP contribution in [-0.4, -0.2) is 34.0 Å². The second-order valence-electron chi connectivity index (χ2n) is 6.22. The molecular weight excluding hydrogens is 350 g/mol. The fourth-order valence-corrected chi connectivity index (χ4v) is 3.77. The summed E-state index contributed by atoms with van der Waals surface area (Å²) in [7, 11) is 0. The van der Waals surface area contributed by atoms with Gasteiger partial charge in [0.05, 0.1) is 4.88 Å². The van der Waals surface area contributed by atoms with Gasteiger partial charge in [0.25, 0.3) is 11.8 Å². The molecule has 0 bridgehead atoms. The summed E-state index contributed by atoms with van der Waals surface area (Å²) < 4.78 is 11.0. The van der Waals surface area contributed by atoms with Crippen molar-refractivity contribution in [1.29, 1.82) is 0 Å². The zero-order chi connectivity index (χ0) is 17.8. The Morgan fingerprint density at radius 3 is 2.96 bits per heavy atom. The fourth-order valence-electron chi connectivity index (χ4n) is 3.08. The minimum absolute atomic E-state index is 0.0841. The number of carbonyl (C=O) groups excluding carboxylic acids is 1. The lowest BCUT2D eigenvalue weighted by Gasteiger charge is -2.30. The molecule has 0 saturated carbocycles. The van der Waals surface area contributed by atoms with Crippen molar-refractivity contribution in [2.45, 2.75) is 25.4 Å². The third-order valence-electron chi connectivity index (χ3n) is 4.40. The molecule has 0 radical (unpaired) electrons. The number of thiophene rings is 1. The van der Waals surface area contributed by atoms with E-state index in [1.807, 2.05) is 52.7 Å². The van der Waals surface area contributed by atoms with Crippen molar-refractivity contribution in [3.63, 3.8) is 0 Å². The number of piperidine rings is 1. The summed E-state index contributed by atoms with van der Waals surface area (Å²) in [6, 6.07) is 13.3. The number of carbonyl (C=O) groups is 1. The van der Waals surface area contributed by atoms with E-state index in [9.17, 15) is 4.79 Å². The van der Waals surface area contributed by atoms with Crippen molar-refractivity contribution in [3.8, 4) is 5.75 Å². The highest BCUT2D eigenvalue weighted by atomic mass is 32.1. The Bertz CT molecular complexity index is 848. The highest BCUT2D eigenvalue weighted by Crippen LogP contribution is 2.27. The van der Waals surface area contributed by atoms with Gasteiger partial charge in [-0.2, -0.15) is 4.98 Å². The van der Waals surface area contributed by atoms with Crippen LogP contribution in [0.15, 0.2) is 52.4 Å². The molecule has 6 nitrogen and oxygen atoms in total. The number of amides is 1. The minimum Gasteiger partial charge on any atom is -0.484 e. The first-order chi connectivity index (χ1) is 12.8. The number of nitrogens with zero attached hydrogens (tertiary/aromatic N) is 3. The smallest absolute Gasteiger partial charge is 0.264 e. The average Bonchev–Trinajstić information content (AvgIpc) is 3.39. The van der Waals surface area contributed by atoms with Gasteiger partial charge in [0.2, 0.25) is 0 Å². The summed E-state index contributed by atoms with van der Waals surface area (Å²) in [6.45, 7) is 1.63. The summed E-state index contributed by atoms with van der Waals surface area (Å²) in [4.78, 5) is 19.7. The number of aromatic nitrogens is 2. The molecule has 2 aromatic heterocycles. The van der Waals surface area contributed by atoms with Gasteiger partial charge in [-0.25, -0.2) is 0 Å². The van der Waals surface area contributed by atoms with Crippen LogP contribution in [0.2, 0.25) is 0 Å². The van der Waals surface area contributed by atoms with Crippen molar-refractivity contribution in [2.24, 2.45) is 0 Å². The van der Waals surface area contributed by atoms with Gasteiger partial charge in [-0.1, -0.05) is 29.4 Å². The molecule has 4 rings (SSSR count).